The molecule has 0 bridgehead atoms. The normalized spacial score (nSPS) is 10.4. The molecule has 0 amide bonds. The minimum absolute atomic E-state index is 0.00364. The number of anilines is 1. The van der Waals surface area contributed by atoms with E-state index in [-0.39, 0.29) is 12.4 Å². The lowest BCUT2D eigenvalue weighted by Gasteiger charge is -2.22. The van der Waals surface area contributed by atoms with Gasteiger partial charge in [-0.05, 0) is 23.8 Å². The highest BCUT2D eigenvalue weighted by Gasteiger charge is 2.07. The van der Waals surface area contributed by atoms with Crippen LogP contribution in [0.25, 0.3) is 0 Å². The molecule has 0 atom stereocenters. The van der Waals surface area contributed by atoms with Crippen molar-refractivity contribution in [1.82, 2.24) is 0 Å². The first-order valence-corrected chi connectivity index (χ1v) is 5.85. The molecular weight excluding hydrogens is 229 g/mol. The summed E-state index contributed by atoms with van der Waals surface area (Å²) in [7, 11) is 1.93. The summed E-state index contributed by atoms with van der Waals surface area (Å²) in [6, 6.07) is 14.2. The third-order valence-corrected chi connectivity index (χ3v) is 2.88. The quantitative estimate of drug-likeness (QED) is 0.895. The summed E-state index contributed by atoms with van der Waals surface area (Å²) in [5.74, 6) is -0.226. The Balaban J connectivity index is 2.19. The Labute approximate surface area is 106 Å². The number of nitrogens with zero attached hydrogens (tertiary/aromatic N) is 1. The first-order valence-electron chi connectivity index (χ1n) is 5.85. The lowest BCUT2D eigenvalue weighted by atomic mass is 10.1. The van der Waals surface area contributed by atoms with Crippen LogP contribution in [0.5, 0.6) is 0 Å². The minimum atomic E-state index is -0.226. The summed E-state index contributed by atoms with van der Waals surface area (Å²) in [6.07, 6.45) is 0. The van der Waals surface area contributed by atoms with Crippen molar-refractivity contribution in [3.05, 3.63) is 65.5 Å². The van der Waals surface area contributed by atoms with Crippen LogP contribution in [0.1, 0.15) is 11.1 Å². The van der Waals surface area contributed by atoms with Crippen LogP contribution in [0, 0.1) is 5.82 Å². The molecule has 0 saturated heterocycles. The van der Waals surface area contributed by atoms with Gasteiger partial charge in [0.1, 0.15) is 5.82 Å². The van der Waals surface area contributed by atoms with Gasteiger partial charge in [-0.2, -0.15) is 0 Å². The van der Waals surface area contributed by atoms with Crippen LogP contribution in [0.3, 0.4) is 0 Å². The van der Waals surface area contributed by atoms with Gasteiger partial charge in [0.05, 0.1) is 6.61 Å². The molecule has 0 saturated carbocycles. The molecule has 0 fully saturated rings. The van der Waals surface area contributed by atoms with E-state index in [1.165, 1.54) is 12.1 Å². The lowest BCUT2D eigenvalue weighted by molar-refractivity contribution is 0.282. The predicted molar refractivity (Wildman–Crippen MR) is 70.9 cm³/mol. The molecule has 2 rings (SSSR count). The zero-order chi connectivity index (χ0) is 13.0. The Bertz CT molecular complexity index is 527. The highest BCUT2D eigenvalue weighted by atomic mass is 19.1. The Hall–Kier alpha value is -1.87. The molecule has 0 aliphatic rings. The Morgan fingerprint density at radius 2 is 1.89 bits per heavy atom. The SMILES string of the molecule is CN(Cc1cccc(F)c1)c1ccccc1CO. The molecule has 0 aliphatic carbocycles. The number of aliphatic hydroxyl groups is 1. The average Bonchev–Trinajstić information content (AvgIpc) is 2.38. The van der Waals surface area contributed by atoms with Crippen LogP contribution in [0.2, 0.25) is 0 Å². The second kappa shape index (κ2) is 5.65. The fraction of sp³-hybridized carbons (Fsp3) is 0.200. The largest absolute Gasteiger partial charge is 0.392 e. The maximum atomic E-state index is 13.1. The molecule has 0 radical (unpaired) electrons. The molecule has 0 aliphatic heterocycles. The van der Waals surface area contributed by atoms with Crippen molar-refractivity contribution >= 4 is 5.69 Å². The molecule has 3 heteroatoms. The van der Waals surface area contributed by atoms with E-state index in [0.29, 0.717) is 6.54 Å². The van der Waals surface area contributed by atoms with Crippen LogP contribution in [-0.2, 0) is 13.2 Å². The summed E-state index contributed by atoms with van der Waals surface area (Å²) < 4.78 is 13.1. The van der Waals surface area contributed by atoms with E-state index in [2.05, 4.69) is 0 Å². The van der Waals surface area contributed by atoms with Crippen molar-refractivity contribution in [2.45, 2.75) is 13.2 Å². The number of aliphatic hydroxyl groups excluding tert-OH is 1. The molecule has 0 unspecified atom stereocenters. The van der Waals surface area contributed by atoms with Crippen molar-refractivity contribution < 1.29 is 9.50 Å². The van der Waals surface area contributed by atoms with Crippen molar-refractivity contribution in [3.63, 3.8) is 0 Å². The first-order chi connectivity index (χ1) is 8.70. The van der Waals surface area contributed by atoms with Crippen LogP contribution in [0.4, 0.5) is 10.1 Å². The van der Waals surface area contributed by atoms with Gasteiger partial charge in [-0.15, -0.1) is 0 Å². The third kappa shape index (κ3) is 2.87. The second-order valence-electron chi connectivity index (χ2n) is 4.27. The number of hydrogen-bond donors (Lipinski definition) is 1. The van der Waals surface area contributed by atoms with Crippen molar-refractivity contribution in [2.24, 2.45) is 0 Å². The van der Waals surface area contributed by atoms with Gasteiger partial charge in [-0.1, -0.05) is 30.3 Å². The van der Waals surface area contributed by atoms with Gasteiger partial charge in [-0.25, -0.2) is 4.39 Å². The predicted octanol–water partition coefficient (Wildman–Crippen LogP) is 2.95. The fourth-order valence-corrected chi connectivity index (χ4v) is 2.01. The minimum Gasteiger partial charge on any atom is -0.392 e. The van der Waals surface area contributed by atoms with Crippen LogP contribution < -0.4 is 4.90 Å². The summed E-state index contributed by atoms with van der Waals surface area (Å²) >= 11 is 0. The van der Waals surface area contributed by atoms with Gasteiger partial charge in [-0.3, -0.25) is 0 Å². The van der Waals surface area contributed by atoms with E-state index in [1.54, 1.807) is 6.07 Å². The Morgan fingerprint density at radius 1 is 1.11 bits per heavy atom. The fourth-order valence-electron chi connectivity index (χ4n) is 2.01. The van der Waals surface area contributed by atoms with E-state index in [9.17, 15) is 9.50 Å². The van der Waals surface area contributed by atoms with E-state index < -0.39 is 0 Å². The molecule has 0 heterocycles. The molecule has 1 N–H and O–H groups in total. The van der Waals surface area contributed by atoms with Crippen LogP contribution >= 0.6 is 0 Å². The highest BCUT2D eigenvalue weighted by molar-refractivity contribution is 5.53. The maximum absolute atomic E-state index is 13.1. The topological polar surface area (TPSA) is 23.5 Å². The molecular formula is C15H16FNO. The molecule has 2 nitrogen and oxygen atoms in total. The Kier molecular flexibility index (Phi) is 3.95. The van der Waals surface area contributed by atoms with Gasteiger partial charge in [0.15, 0.2) is 0 Å². The maximum Gasteiger partial charge on any atom is 0.123 e. The zero-order valence-electron chi connectivity index (χ0n) is 10.3. The lowest BCUT2D eigenvalue weighted by Crippen LogP contribution is -2.18. The second-order valence-corrected chi connectivity index (χ2v) is 4.27. The van der Waals surface area contributed by atoms with Gasteiger partial charge in [0.2, 0.25) is 0 Å². The smallest absolute Gasteiger partial charge is 0.123 e. The number of hydrogen-bond acceptors (Lipinski definition) is 2. The van der Waals surface area contributed by atoms with Gasteiger partial charge in [0.25, 0.3) is 0 Å². The zero-order valence-corrected chi connectivity index (χ0v) is 10.3. The van der Waals surface area contributed by atoms with E-state index >= 15 is 0 Å². The molecule has 0 aromatic heterocycles. The van der Waals surface area contributed by atoms with Crippen molar-refractivity contribution in [3.8, 4) is 0 Å². The molecule has 0 spiro atoms. The van der Waals surface area contributed by atoms with E-state index in [0.717, 1.165) is 16.8 Å². The van der Waals surface area contributed by atoms with E-state index in [4.69, 9.17) is 0 Å². The number of para-hydroxylation sites is 1. The van der Waals surface area contributed by atoms with Gasteiger partial charge >= 0.3 is 0 Å². The highest BCUT2D eigenvalue weighted by Crippen LogP contribution is 2.21. The standard InChI is InChI=1S/C15H16FNO/c1-17(10-12-5-4-7-14(16)9-12)15-8-3-2-6-13(15)11-18/h2-9,18H,10-11H2,1H3. The summed E-state index contributed by atoms with van der Waals surface area (Å²) in [5, 5.41) is 9.29. The van der Waals surface area contributed by atoms with Crippen molar-refractivity contribution in [1.29, 1.82) is 0 Å². The number of halogens is 1. The number of benzene rings is 2. The third-order valence-electron chi connectivity index (χ3n) is 2.88. The van der Waals surface area contributed by atoms with E-state index in [1.807, 2.05) is 42.3 Å². The molecule has 94 valence electrons. The van der Waals surface area contributed by atoms with Gasteiger partial charge in [0, 0.05) is 24.8 Å². The van der Waals surface area contributed by atoms with Gasteiger partial charge < -0.3 is 10.0 Å². The Morgan fingerprint density at radius 3 is 2.61 bits per heavy atom. The summed E-state index contributed by atoms with van der Waals surface area (Å²) in [5.41, 5.74) is 2.74. The van der Waals surface area contributed by atoms with Crippen LogP contribution in [0.15, 0.2) is 48.5 Å². The monoisotopic (exact) mass is 245 g/mol. The van der Waals surface area contributed by atoms with Crippen molar-refractivity contribution in [2.75, 3.05) is 11.9 Å². The first kappa shape index (κ1) is 12.6. The average molecular weight is 245 g/mol. The summed E-state index contributed by atoms with van der Waals surface area (Å²) in [4.78, 5) is 2.00. The molecule has 2 aromatic carbocycles. The molecule has 2 aromatic rings. The molecule has 18 heavy (non-hydrogen) atoms. The van der Waals surface area contributed by atoms with Crippen LogP contribution in [-0.4, -0.2) is 12.2 Å². The number of rotatable bonds is 4. The summed E-state index contributed by atoms with van der Waals surface area (Å²) in [6.45, 7) is 0.610.